The molecule has 6 heteroatoms. The third-order valence-corrected chi connectivity index (χ3v) is 6.28. The fourth-order valence-electron chi connectivity index (χ4n) is 4.56. The Morgan fingerprint density at radius 3 is 2.57 bits per heavy atom. The van der Waals surface area contributed by atoms with Crippen LogP contribution in [0.2, 0.25) is 0 Å². The van der Waals surface area contributed by atoms with Gasteiger partial charge in [0, 0.05) is 38.3 Å². The van der Waals surface area contributed by atoms with Crippen molar-refractivity contribution >= 4 is 29.9 Å². The summed E-state index contributed by atoms with van der Waals surface area (Å²) in [5.74, 6) is 1.00. The van der Waals surface area contributed by atoms with E-state index in [-0.39, 0.29) is 24.0 Å². The van der Waals surface area contributed by atoms with Crippen molar-refractivity contribution in [1.82, 2.24) is 20.4 Å². The summed E-state index contributed by atoms with van der Waals surface area (Å²) in [6.45, 7) is 12.4. The molecule has 1 aromatic carbocycles. The minimum atomic E-state index is 0. The van der Waals surface area contributed by atoms with E-state index >= 15 is 0 Å². The van der Waals surface area contributed by atoms with Crippen LogP contribution in [0.3, 0.4) is 0 Å². The lowest BCUT2D eigenvalue weighted by Gasteiger charge is -2.38. The van der Waals surface area contributed by atoms with Crippen molar-refractivity contribution in [2.45, 2.75) is 71.0 Å². The Bertz CT molecular complexity index is 603. The predicted octanol–water partition coefficient (Wildman–Crippen LogP) is 4.09. The molecule has 0 bridgehead atoms. The lowest BCUT2D eigenvalue weighted by atomic mass is 9.97. The highest BCUT2D eigenvalue weighted by molar-refractivity contribution is 14.0. The second-order valence-electron chi connectivity index (χ2n) is 8.69. The second kappa shape index (κ2) is 14.2. The number of nitrogens with zero attached hydrogens (tertiary/aromatic N) is 3. The summed E-state index contributed by atoms with van der Waals surface area (Å²) in [6, 6.07) is 11.9. The Morgan fingerprint density at radius 2 is 1.87 bits per heavy atom. The van der Waals surface area contributed by atoms with E-state index in [1.807, 2.05) is 0 Å². The van der Waals surface area contributed by atoms with E-state index in [0.29, 0.717) is 12.1 Å². The van der Waals surface area contributed by atoms with Crippen LogP contribution >= 0.6 is 24.0 Å². The molecule has 1 aromatic rings. The van der Waals surface area contributed by atoms with Gasteiger partial charge in [-0.3, -0.25) is 9.89 Å². The highest BCUT2D eigenvalue weighted by Crippen LogP contribution is 2.20. The first-order chi connectivity index (χ1) is 14.2. The standard InChI is InChI=1S/C24H41N5.HI/c1-3-25-24(26-14-7-8-15-28-16-9-10-17-28)27-23-13-18-29(21(2)19-23)20-22-11-5-4-6-12-22;/h4-6,11-12,21,23H,3,7-10,13-20H2,1-2H3,(H2,25,26,27);1H. The number of aliphatic imine (C=N–C) groups is 1. The third kappa shape index (κ3) is 8.71. The van der Waals surface area contributed by atoms with Gasteiger partial charge in [0.2, 0.25) is 0 Å². The molecule has 0 spiro atoms. The third-order valence-electron chi connectivity index (χ3n) is 6.28. The molecule has 5 nitrogen and oxygen atoms in total. The van der Waals surface area contributed by atoms with E-state index in [0.717, 1.165) is 32.1 Å². The maximum Gasteiger partial charge on any atom is 0.191 e. The molecule has 30 heavy (non-hydrogen) atoms. The molecule has 2 unspecified atom stereocenters. The quantitative estimate of drug-likeness (QED) is 0.220. The fourth-order valence-corrected chi connectivity index (χ4v) is 4.56. The largest absolute Gasteiger partial charge is 0.357 e. The van der Waals surface area contributed by atoms with Crippen LogP contribution < -0.4 is 10.6 Å². The molecule has 2 atom stereocenters. The monoisotopic (exact) mass is 527 g/mol. The van der Waals surface area contributed by atoms with Crippen molar-refractivity contribution in [3.8, 4) is 0 Å². The summed E-state index contributed by atoms with van der Waals surface area (Å²) >= 11 is 0. The van der Waals surface area contributed by atoms with Gasteiger partial charge in [-0.1, -0.05) is 30.3 Å². The Labute approximate surface area is 201 Å². The highest BCUT2D eigenvalue weighted by Gasteiger charge is 2.25. The number of hydrogen-bond donors (Lipinski definition) is 2. The summed E-state index contributed by atoms with van der Waals surface area (Å²) in [7, 11) is 0. The van der Waals surface area contributed by atoms with E-state index in [1.54, 1.807) is 0 Å². The number of guanidine groups is 1. The van der Waals surface area contributed by atoms with Crippen molar-refractivity contribution in [1.29, 1.82) is 0 Å². The first-order valence-electron chi connectivity index (χ1n) is 11.8. The zero-order chi connectivity index (χ0) is 20.3. The van der Waals surface area contributed by atoms with Crippen molar-refractivity contribution < 1.29 is 0 Å². The van der Waals surface area contributed by atoms with Crippen LogP contribution in [0.1, 0.15) is 57.9 Å². The molecule has 3 rings (SSSR count). The van der Waals surface area contributed by atoms with E-state index in [9.17, 15) is 0 Å². The van der Waals surface area contributed by atoms with Gasteiger partial charge < -0.3 is 15.5 Å². The molecule has 170 valence electrons. The predicted molar refractivity (Wildman–Crippen MR) is 139 cm³/mol. The zero-order valence-corrected chi connectivity index (χ0v) is 21.3. The highest BCUT2D eigenvalue weighted by atomic mass is 127. The lowest BCUT2D eigenvalue weighted by Crippen LogP contribution is -2.51. The molecule has 2 aliphatic rings. The van der Waals surface area contributed by atoms with Gasteiger partial charge in [-0.2, -0.15) is 0 Å². The average molecular weight is 528 g/mol. The lowest BCUT2D eigenvalue weighted by molar-refractivity contribution is 0.134. The van der Waals surface area contributed by atoms with Gasteiger partial charge in [-0.25, -0.2) is 0 Å². The van der Waals surface area contributed by atoms with Gasteiger partial charge in [-0.15, -0.1) is 24.0 Å². The maximum atomic E-state index is 4.85. The normalized spacial score (nSPS) is 23.2. The first-order valence-corrected chi connectivity index (χ1v) is 11.8. The van der Waals surface area contributed by atoms with Crippen LogP contribution in [-0.4, -0.2) is 67.1 Å². The van der Waals surface area contributed by atoms with Crippen molar-refractivity contribution in [3.63, 3.8) is 0 Å². The van der Waals surface area contributed by atoms with Crippen LogP contribution in [0, 0.1) is 0 Å². The van der Waals surface area contributed by atoms with Crippen molar-refractivity contribution in [2.24, 2.45) is 4.99 Å². The van der Waals surface area contributed by atoms with E-state index in [4.69, 9.17) is 4.99 Å². The molecule has 0 saturated carbocycles. The molecule has 0 aliphatic carbocycles. The SMILES string of the molecule is CCNC(=NCCCCN1CCCC1)NC1CCN(Cc2ccccc2)C(C)C1.I. The zero-order valence-electron chi connectivity index (χ0n) is 19.0. The molecule has 2 saturated heterocycles. The van der Waals surface area contributed by atoms with Crippen LogP contribution in [0.15, 0.2) is 35.3 Å². The maximum absolute atomic E-state index is 4.85. The van der Waals surface area contributed by atoms with Gasteiger partial charge in [0.05, 0.1) is 0 Å². The smallest absolute Gasteiger partial charge is 0.191 e. The Hall–Kier alpha value is -0.860. The summed E-state index contributed by atoms with van der Waals surface area (Å²) in [4.78, 5) is 10.0. The summed E-state index contributed by atoms with van der Waals surface area (Å²) in [6.07, 6.45) is 7.56. The summed E-state index contributed by atoms with van der Waals surface area (Å²) in [5, 5.41) is 7.15. The van der Waals surface area contributed by atoms with Crippen LogP contribution in [0.5, 0.6) is 0 Å². The van der Waals surface area contributed by atoms with Gasteiger partial charge in [-0.05, 0) is 77.6 Å². The number of unbranched alkanes of at least 4 members (excludes halogenated alkanes) is 1. The van der Waals surface area contributed by atoms with Gasteiger partial charge >= 0.3 is 0 Å². The number of nitrogens with one attached hydrogen (secondary N) is 2. The molecule has 0 amide bonds. The van der Waals surface area contributed by atoms with Gasteiger partial charge in [0.1, 0.15) is 0 Å². The van der Waals surface area contributed by atoms with Crippen molar-refractivity contribution in [3.05, 3.63) is 35.9 Å². The fraction of sp³-hybridized carbons (Fsp3) is 0.708. The van der Waals surface area contributed by atoms with E-state index < -0.39 is 0 Å². The molecule has 0 radical (unpaired) electrons. The summed E-state index contributed by atoms with van der Waals surface area (Å²) < 4.78 is 0. The molecular formula is C24H42IN5. The Morgan fingerprint density at radius 1 is 1.10 bits per heavy atom. The van der Waals surface area contributed by atoms with E-state index in [2.05, 4.69) is 64.6 Å². The average Bonchev–Trinajstić information content (AvgIpc) is 3.24. The minimum absolute atomic E-state index is 0. The van der Waals surface area contributed by atoms with Crippen LogP contribution in [0.25, 0.3) is 0 Å². The molecular weight excluding hydrogens is 485 g/mol. The molecule has 2 aliphatic heterocycles. The van der Waals surface area contributed by atoms with E-state index in [1.165, 1.54) is 63.7 Å². The van der Waals surface area contributed by atoms with Gasteiger partial charge in [0.15, 0.2) is 5.96 Å². The molecule has 2 N–H and O–H groups in total. The molecule has 0 aromatic heterocycles. The Kier molecular flexibility index (Phi) is 12.1. The number of piperidine rings is 1. The van der Waals surface area contributed by atoms with Crippen molar-refractivity contribution in [2.75, 3.05) is 39.3 Å². The number of likely N-dealkylation sites (tertiary alicyclic amines) is 2. The van der Waals surface area contributed by atoms with Gasteiger partial charge in [0.25, 0.3) is 0 Å². The number of benzene rings is 1. The number of hydrogen-bond acceptors (Lipinski definition) is 3. The van der Waals surface area contributed by atoms with Crippen LogP contribution in [-0.2, 0) is 6.54 Å². The van der Waals surface area contributed by atoms with Crippen LogP contribution in [0.4, 0.5) is 0 Å². The summed E-state index contributed by atoms with van der Waals surface area (Å²) in [5.41, 5.74) is 1.41. The first kappa shape index (κ1) is 25.4. The number of rotatable bonds is 9. The minimum Gasteiger partial charge on any atom is -0.357 e. The topological polar surface area (TPSA) is 42.9 Å². The molecule has 2 fully saturated rings. The second-order valence-corrected chi connectivity index (χ2v) is 8.69. The molecule has 2 heterocycles. The Balaban J connectivity index is 0.00000320. The number of halogens is 1.